The van der Waals surface area contributed by atoms with Gasteiger partial charge in [-0.25, -0.2) is 4.39 Å². The molecule has 1 atom stereocenters. The smallest absolute Gasteiger partial charge is 0.252 e. The minimum Gasteiger partial charge on any atom is -0.495 e. The average molecular weight is 550 g/mol. The van der Waals surface area contributed by atoms with E-state index in [1.165, 1.54) is 37.6 Å². The van der Waals surface area contributed by atoms with Gasteiger partial charge in [-0.15, -0.1) is 0 Å². The molecule has 0 saturated carbocycles. The number of aryl methyl sites for hydroxylation is 1. The predicted molar refractivity (Wildman–Crippen MR) is 140 cm³/mol. The van der Waals surface area contributed by atoms with Gasteiger partial charge in [0.15, 0.2) is 0 Å². The van der Waals surface area contributed by atoms with Gasteiger partial charge in [0, 0.05) is 40.4 Å². The zero-order valence-corrected chi connectivity index (χ0v) is 21.5. The molecule has 0 aliphatic carbocycles. The van der Waals surface area contributed by atoms with Crippen LogP contribution in [0.1, 0.15) is 33.4 Å². The van der Waals surface area contributed by atoms with Crippen LogP contribution in [0, 0.1) is 24.1 Å². The van der Waals surface area contributed by atoms with E-state index in [-0.39, 0.29) is 29.0 Å². The first-order valence-electron chi connectivity index (χ1n) is 11.4. The van der Waals surface area contributed by atoms with Crippen LogP contribution in [-0.4, -0.2) is 28.6 Å². The van der Waals surface area contributed by atoms with Crippen molar-refractivity contribution in [3.8, 4) is 22.9 Å². The van der Waals surface area contributed by atoms with Crippen LogP contribution < -0.4 is 21.3 Å². The number of rotatable bonds is 8. The number of hydrogen-bond donors (Lipinski definition) is 2. The van der Waals surface area contributed by atoms with Crippen LogP contribution in [0.2, 0.25) is 5.02 Å². The van der Waals surface area contributed by atoms with Crippen molar-refractivity contribution in [2.45, 2.75) is 19.4 Å². The van der Waals surface area contributed by atoms with Crippen LogP contribution in [0.5, 0.6) is 5.75 Å². The molecule has 3 N–H and O–H groups in total. The first kappa shape index (κ1) is 27.1. The van der Waals surface area contributed by atoms with Crippen LogP contribution in [-0.2, 0) is 11.2 Å². The third-order valence-electron chi connectivity index (χ3n) is 5.88. The Bertz CT molecular complexity index is 1690. The largest absolute Gasteiger partial charge is 0.495 e. The lowest BCUT2D eigenvalue weighted by atomic mass is 10.00. The lowest BCUT2D eigenvalue weighted by molar-refractivity contribution is -0.119. The fourth-order valence-electron chi connectivity index (χ4n) is 4.03. The molecular weight excluding hydrogens is 529 g/mol. The van der Waals surface area contributed by atoms with Crippen molar-refractivity contribution in [2.24, 2.45) is 5.73 Å². The van der Waals surface area contributed by atoms with Crippen LogP contribution >= 0.6 is 11.6 Å². The molecule has 0 saturated heterocycles. The van der Waals surface area contributed by atoms with Crippen LogP contribution in [0.3, 0.4) is 0 Å². The molecule has 198 valence electrons. The molecule has 0 aliphatic rings. The topological polar surface area (TPSA) is 153 Å². The normalized spacial score (nSPS) is 11.5. The second kappa shape index (κ2) is 11.2. The Morgan fingerprint density at radius 2 is 2.00 bits per heavy atom. The fraction of sp³-hybridized carbons (Fsp3) is 0.148. The average Bonchev–Trinajstić information content (AvgIpc) is 3.31. The van der Waals surface area contributed by atoms with E-state index in [4.69, 9.17) is 26.6 Å². The molecule has 0 fully saturated rings. The number of pyridine rings is 1. The van der Waals surface area contributed by atoms with Gasteiger partial charge in [0.25, 0.3) is 11.5 Å². The van der Waals surface area contributed by atoms with Crippen molar-refractivity contribution in [3.05, 3.63) is 98.5 Å². The van der Waals surface area contributed by atoms with E-state index in [0.29, 0.717) is 27.6 Å². The SMILES string of the molecule is COc1cn(C(Cc2cc(C)on2)C(=O)Nc2ccc(C(N)=O)c(F)c2)c(=O)cc1-c1cc(Cl)ccc1C#N. The van der Waals surface area contributed by atoms with Gasteiger partial charge in [0.2, 0.25) is 5.91 Å². The highest BCUT2D eigenvalue weighted by Gasteiger charge is 2.26. The maximum absolute atomic E-state index is 14.3. The minimum atomic E-state index is -1.18. The second-order valence-electron chi connectivity index (χ2n) is 8.50. The zero-order chi connectivity index (χ0) is 28.3. The molecule has 0 radical (unpaired) electrons. The number of methoxy groups -OCH3 is 1. The van der Waals surface area contributed by atoms with Crippen molar-refractivity contribution in [1.82, 2.24) is 9.72 Å². The Labute approximate surface area is 226 Å². The first-order chi connectivity index (χ1) is 18.6. The third kappa shape index (κ3) is 5.81. The van der Waals surface area contributed by atoms with Crippen molar-refractivity contribution < 1.29 is 23.2 Å². The molecule has 4 aromatic rings. The number of benzene rings is 2. The van der Waals surface area contributed by atoms with E-state index >= 15 is 0 Å². The Morgan fingerprint density at radius 3 is 2.62 bits per heavy atom. The molecule has 0 spiro atoms. The quantitative estimate of drug-likeness (QED) is 0.336. The molecule has 2 heterocycles. The Kier molecular flexibility index (Phi) is 7.78. The van der Waals surface area contributed by atoms with Gasteiger partial charge >= 0.3 is 0 Å². The lowest BCUT2D eigenvalue weighted by Gasteiger charge is -2.21. The molecular formula is C27H21ClFN5O5. The fourth-order valence-corrected chi connectivity index (χ4v) is 4.20. The summed E-state index contributed by atoms with van der Waals surface area (Å²) in [6, 6.07) is 11.7. The Balaban J connectivity index is 1.79. The lowest BCUT2D eigenvalue weighted by Crippen LogP contribution is -2.34. The van der Waals surface area contributed by atoms with Gasteiger partial charge < -0.3 is 20.3 Å². The number of amides is 2. The third-order valence-corrected chi connectivity index (χ3v) is 6.11. The van der Waals surface area contributed by atoms with Crippen molar-refractivity contribution in [1.29, 1.82) is 5.26 Å². The zero-order valence-electron chi connectivity index (χ0n) is 20.7. The predicted octanol–water partition coefficient (Wildman–Crippen LogP) is 4.01. The summed E-state index contributed by atoms with van der Waals surface area (Å²) in [5.74, 6) is -1.86. The van der Waals surface area contributed by atoms with Gasteiger partial charge in [-0.05, 0) is 43.3 Å². The maximum Gasteiger partial charge on any atom is 0.252 e. The van der Waals surface area contributed by atoms with E-state index in [1.54, 1.807) is 19.1 Å². The number of ether oxygens (including phenoxy) is 1. The van der Waals surface area contributed by atoms with Gasteiger partial charge in [0.1, 0.15) is 23.4 Å². The summed E-state index contributed by atoms with van der Waals surface area (Å²) >= 11 is 6.14. The summed E-state index contributed by atoms with van der Waals surface area (Å²) in [7, 11) is 1.38. The maximum atomic E-state index is 14.3. The molecule has 4 rings (SSSR count). The summed E-state index contributed by atoms with van der Waals surface area (Å²) in [4.78, 5) is 38.2. The minimum absolute atomic E-state index is 0.0399. The number of hydrogen-bond acceptors (Lipinski definition) is 7. The number of primary amides is 1. The first-order valence-corrected chi connectivity index (χ1v) is 11.8. The van der Waals surface area contributed by atoms with E-state index in [9.17, 15) is 24.0 Å². The van der Waals surface area contributed by atoms with Crippen molar-refractivity contribution in [2.75, 3.05) is 12.4 Å². The number of aromatic nitrogens is 2. The number of nitrogens with one attached hydrogen (secondary N) is 1. The number of nitriles is 1. The highest BCUT2D eigenvalue weighted by molar-refractivity contribution is 6.31. The Hall–Kier alpha value is -4.95. The second-order valence-corrected chi connectivity index (χ2v) is 8.94. The summed E-state index contributed by atoms with van der Waals surface area (Å²) in [5.41, 5.74) is 5.60. The van der Waals surface area contributed by atoms with Crippen LogP contribution in [0.4, 0.5) is 10.1 Å². The molecule has 2 aromatic carbocycles. The summed E-state index contributed by atoms with van der Waals surface area (Å²) in [5, 5.41) is 16.4. The number of nitrogens with two attached hydrogens (primary N) is 1. The van der Waals surface area contributed by atoms with Crippen LogP contribution in [0.15, 0.2) is 64.0 Å². The number of halogens is 2. The van der Waals surface area contributed by atoms with E-state index < -0.39 is 29.2 Å². The van der Waals surface area contributed by atoms with Gasteiger partial charge in [-0.3, -0.25) is 19.0 Å². The van der Waals surface area contributed by atoms with Gasteiger partial charge in [0.05, 0.1) is 36.2 Å². The van der Waals surface area contributed by atoms with Crippen molar-refractivity contribution >= 4 is 29.1 Å². The molecule has 10 nitrogen and oxygen atoms in total. The molecule has 39 heavy (non-hydrogen) atoms. The summed E-state index contributed by atoms with van der Waals surface area (Å²) in [6.07, 6.45) is 1.28. The molecule has 2 amide bonds. The summed E-state index contributed by atoms with van der Waals surface area (Å²) in [6.45, 7) is 1.68. The Morgan fingerprint density at radius 1 is 1.23 bits per heavy atom. The number of carbonyl (C=O) groups excluding carboxylic acids is 2. The summed E-state index contributed by atoms with van der Waals surface area (Å²) < 4.78 is 26.1. The number of nitrogens with zero attached hydrogens (tertiary/aromatic N) is 3. The van der Waals surface area contributed by atoms with Crippen molar-refractivity contribution in [3.63, 3.8) is 0 Å². The van der Waals surface area contributed by atoms with E-state index in [0.717, 1.165) is 16.7 Å². The highest BCUT2D eigenvalue weighted by Crippen LogP contribution is 2.33. The molecule has 0 aliphatic heterocycles. The van der Waals surface area contributed by atoms with E-state index in [2.05, 4.69) is 16.5 Å². The number of anilines is 1. The molecule has 2 aromatic heterocycles. The van der Waals surface area contributed by atoms with Gasteiger partial charge in [-0.2, -0.15) is 5.26 Å². The highest BCUT2D eigenvalue weighted by atomic mass is 35.5. The van der Waals surface area contributed by atoms with E-state index in [1.807, 2.05) is 0 Å². The molecule has 1 unspecified atom stereocenters. The standard InChI is InChI=1S/C27H21ClFN5O5/c1-14-7-18(33-39-14)10-23(27(37)32-17-5-6-19(26(31)36)22(29)9-17)34-13-24(38-2)21(11-25(34)35)20-8-16(28)4-3-15(20)12-30/h3-9,11,13,23H,10H2,1-2H3,(H2,31,36)(H,32,37). The van der Waals surface area contributed by atoms with Gasteiger partial charge in [-0.1, -0.05) is 16.8 Å². The molecule has 0 bridgehead atoms. The van der Waals surface area contributed by atoms with Crippen LogP contribution in [0.25, 0.3) is 11.1 Å². The number of carbonyl (C=O) groups is 2. The molecule has 12 heteroatoms. The monoisotopic (exact) mass is 549 g/mol.